The highest BCUT2D eigenvalue weighted by Crippen LogP contribution is 2.31. The smallest absolute Gasteiger partial charge is 0.255 e. The molecule has 4 aromatic rings. The second-order valence-corrected chi connectivity index (χ2v) is 14.1. The minimum Gasteiger partial charge on any atom is -0.493 e. The first-order chi connectivity index (χ1) is 24.4. The molecule has 0 aromatic heterocycles. The van der Waals surface area contributed by atoms with Crippen LogP contribution >= 0.6 is 39.1 Å². The van der Waals surface area contributed by atoms with E-state index in [0.717, 1.165) is 71.5 Å². The van der Waals surface area contributed by atoms with Gasteiger partial charge in [-0.05, 0) is 152 Å². The molecule has 0 aliphatic carbocycles. The number of nitrogens with one attached hydrogen (secondary N) is 4. The summed E-state index contributed by atoms with van der Waals surface area (Å²) < 4.78 is 11.9. The zero-order chi connectivity index (χ0) is 36.7. The second-order valence-electron chi connectivity index (χ2n) is 12.5. The Labute approximate surface area is 316 Å². The van der Waals surface area contributed by atoms with E-state index in [4.69, 9.17) is 32.7 Å². The Bertz CT molecular complexity index is 1950. The first kappa shape index (κ1) is 38.3. The van der Waals surface area contributed by atoms with Gasteiger partial charge in [0, 0.05) is 45.6 Å². The first-order valence-corrected chi connectivity index (χ1v) is 18.4. The maximum atomic E-state index is 12.7. The lowest BCUT2D eigenvalue weighted by Crippen LogP contribution is -2.24. The Morgan fingerprint density at radius 1 is 0.784 bits per heavy atom. The van der Waals surface area contributed by atoms with Crippen LogP contribution in [0, 0.1) is 0 Å². The number of carbonyl (C=O) groups is 3. The Morgan fingerprint density at radius 3 is 1.76 bits per heavy atom. The number of rotatable bonds is 9. The van der Waals surface area contributed by atoms with Crippen molar-refractivity contribution in [1.29, 1.82) is 0 Å². The van der Waals surface area contributed by atoms with Crippen molar-refractivity contribution in [3.63, 3.8) is 0 Å². The van der Waals surface area contributed by atoms with Gasteiger partial charge in [0.25, 0.3) is 11.8 Å². The molecule has 0 radical (unpaired) electrons. The third-order valence-electron chi connectivity index (χ3n) is 8.30. The van der Waals surface area contributed by atoms with Crippen LogP contribution in [0.3, 0.4) is 0 Å². The van der Waals surface area contributed by atoms with Crippen LogP contribution in [0.4, 0.5) is 11.4 Å². The minimum absolute atomic E-state index is 0.0611. The molecule has 6 rings (SSSR count). The molecule has 0 saturated carbocycles. The number of halogens is 3. The van der Waals surface area contributed by atoms with E-state index in [1.165, 1.54) is 6.92 Å². The summed E-state index contributed by atoms with van der Waals surface area (Å²) in [6.45, 7) is 11.1. The van der Waals surface area contributed by atoms with Crippen molar-refractivity contribution < 1.29 is 23.9 Å². The van der Waals surface area contributed by atoms with Gasteiger partial charge >= 0.3 is 0 Å². The van der Waals surface area contributed by atoms with Gasteiger partial charge in [-0.25, -0.2) is 0 Å². The van der Waals surface area contributed by atoms with E-state index in [1.807, 2.05) is 39.0 Å². The Balaban J connectivity index is 0.000000199. The highest BCUT2D eigenvalue weighted by atomic mass is 79.9. The molecular weight excluding hydrogens is 755 g/mol. The number of carbonyl (C=O) groups excluding carboxylic acids is 3. The number of ketones is 1. The van der Waals surface area contributed by atoms with E-state index in [9.17, 15) is 14.4 Å². The van der Waals surface area contributed by atoms with Crippen LogP contribution in [-0.4, -0.2) is 43.4 Å². The van der Waals surface area contributed by atoms with E-state index in [0.29, 0.717) is 50.5 Å². The number of ether oxygens (including phenoxy) is 2. The Kier molecular flexibility index (Phi) is 13.2. The fraction of sp³-hybridized carbons (Fsp3) is 0.308. The van der Waals surface area contributed by atoms with Crippen LogP contribution in [0.2, 0.25) is 10.0 Å². The van der Waals surface area contributed by atoms with Crippen molar-refractivity contribution in [2.24, 2.45) is 0 Å². The van der Waals surface area contributed by atoms with Gasteiger partial charge in [-0.2, -0.15) is 0 Å². The summed E-state index contributed by atoms with van der Waals surface area (Å²) >= 11 is 16.2. The SMILES string of the molecule is CC(=O)c1cc(C(=O)Nc2cc(Cl)c3c(c2)CNCC3)ccc1OC(C)C.CCOc1ccc(C(=O)Nc2cc(Cl)c3c(c2)CNCC3)cc1Br. The average molecular weight is 797 g/mol. The molecule has 4 N–H and O–H groups in total. The molecule has 12 heteroatoms. The molecule has 2 heterocycles. The van der Waals surface area contributed by atoms with E-state index < -0.39 is 0 Å². The molecule has 0 bridgehead atoms. The number of anilines is 2. The molecule has 0 atom stereocenters. The van der Waals surface area contributed by atoms with Crippen molar-refractivity contribution in [2.45, 2.75) is 59.7 Å². The van der Waals surface area contributed by atoms with Crippen molar-refractivity contribution >= 4 is 68.1 Å². The van der Waals surface area contributed by atoms with Gasteiger partial charge in [0.1, 0.15) is 11.5 Å². The minimum atomic E-state index is -0.298. The van der Waals surface area contributed by atoms with E-state index in [-0.39, 0.29) is 23.7 Å². The summed E-state index contributed by atoms with van der Waals surface area (Å²) in [4.78, 5) is 37.1. The summed E-state index contributed by atoms with van der Waals surface area (Å²) in [5.41, 5.74) is 7.20. The first-order valence-electron chi connectivity index (χ1n) is 16.8. The normalized spacial score (nSPS) is 13.3. The van der Waals surface area contributed by atoms with Crippen molar-refractivity contribution in [3.05, 3.63) is 114 Å². The number of hydrogen-bond donors (Lipinski definition) is 4. The number of benzene rings is 4. The molecule has 0 fully saturated rings. The third kappa shape index (κ3) is 9.90. The highest BCUT2D eigenvalue weighted by Gasteiger charge is 2.18. The van der Waals surface area contributed by atoms with Crippen LogP contribution < -0.4 is 30.7 Å². The van der Waals surface area contributed by atoms with Crippen LogP contribution in [-0.2, 0) is 25.9 Å². The fourth-order valence-corrected chi connectivity index (χ4v) is 7.06. The maximum Gasteiger partial charge on any atom is 0.255 e. The molecule has 2 amide bonds. The summed E-state index contributed by atoms with van der Waals surface area (Å²) in [6.07, 6.45) is 1.73. The molecule has 0 spiro atoms. The van der Waals surface area contributed by atoms with Crippen molar-refractivity contribution in [3.8, 4) is 11.5 Å². The van der Waals surface area contributed by atoms with Gasteiger partial charge in [-0.3, -0.25) is 14.4 Å². The summed E-state index contributed by atoms with van der Waals surface area (Å²) in [5, 5.41) is 13.8. The van der Waals surface area contributed by atoms with Crippen molar-refractivity contribution in [2.75, 3.05) is 30.3 Å². The lowest BCUT2D eigenvalue weighted by Gasteiger charge is -2.20. The molecule has 2 aliphatic heterocycles. The highest BCUT2D eigenvalue weighted by molar-refractivity contribution is 9.10. The average Bonchev–Trinajstić information content (AvgIpc) is 3.09. The van der Waals surface area contributed by atoms with E-state index >= 15 is 0 Å². The Morgan fingerprint density at radius 2 is 1.29 bits per heavy atom. The number of amides is 2. The van der Waals surface area contributed by atoms with Crippen molar-refractivity contribution in [1.82, 2.24) is 10.6 Å². The lowest BCUT2D eigenvalue weighted by molar-refractivity contribution is 0.100. The summed E-state index contributed by atoms with van der Waals surface area (Å²) in [5.74, 6) is 0.573. The number of fused-ring (bicyclic) bond motifs is 2. The van der Waals surface area contributed by atoms with Gasteiger partial charge in [-0.15, -0.1) is 0 Å². The Hall–Kier alpha value is -3.93. The van der Waals surface area contributed by atoms with Crippen LogP contribution in [0.15, 0.2) is 65.1 Å². The number of hydrogen-bond acceptors (Lipinski definition) is 7. The topological polar surface area (TPSA) is 118 Å². The fourth-order valence-electron chi connectivity index (χ4n) is 5.90. The van der Waals surface area contributed by atoms with Gasteiger partial charge in [0.2, 0.25) is 0 Å². The zero-order valence-corrected chi connectivity index (χ0v) is 32.1. The van der Waals surface area contributed by atoms with Crippen LogP contribution in [0.1, 0.15) is 81.0 Å². The number of Topliss-reactive ketones (excluding diaryl/α,β-unsaturated/α-hetero) is 1. The standard InChI is InChI=1S/C21H23ClN2O3.C18H18BrClN2O2/c1-12(2)27-20-5-4-14(9-18(20)13(3)25)21(26)24-16-8-15-11-23-7-6-17(15)19(22)10-16;1-2-24-17-4-3-11(8-15(17)19)18(23)22-13-7-12-10-21-6-5-14(12)16(20)9-13/h4-5,8-10,12,23H,6-7,11H2,1-3H3,(H,24,26);3-4,7-9,21H,2,5-6,10H2,1H3,(H,22,23). The van der Waals surface area contributed by atoms with Gasteiger partial charge in [-0.1, -0.05) is 23.2 Å². The summed E-state index contributed by atoms with van der Waals surface area (Å²) in [7, 11) is 0. The molecule has 51 heavy (non-hydrogen) atoms. The predicted molar refractivity (Wildman–Crippen MR) is 207 cm³/mol. The molecule has 4 aromatic carbocycles. The van der Waals surface area contributed by atoms with E-state index in [1.54, 1.807) is 42.5 Å². The molecule has 0 saturated heterocycles. The van der Waals surface area contributed by atoms with E-state index in [2.05, 4.69) is 37.2 Å². The quantitative estimate of drug-likeness (QED) is 0.125. The largest absolute Gasteiger partial charge is 0.493 e. The predicted octanol–water partition coefficient (Wildman–Crippen LogP) is 8.63. The third-order valence-corrected chi connectivity index (χ3v) is 9.60. The molecule has 2 aliphatic rings. The van der Waals surface area contributed by atoms with Gasteiger partial charge in [0.05, 0.1) is 22.7 Å². The molecular formula is C39H41BrCl2N4O5. The second kappa shape index (κ2) is 17.5. The van der Waals surface area contributed by atoms with Crippen LogP contribution in [0.25, 0.3) is 0 Å². The maximum absolute atomic E-state index is 12.7. The summed E-state index contributed by atoms with van der Waals surface area (Å²) in [6, 6.07) is 17.7. The molecule has 9 nitrogen and oxygen atoms in total. The lowest BCUT2D eigenvalue weighted by atomic mass is 10.00. The molecule has 268 valence electrons. The monoisotopic (exact) mass is 794 g/mol. The van der Waals surface area contributed by atoms with Gasteiger partial charge < -0.3 is 30.7 Å². The zero-order valence-electron chi connectivity index (χ0n) is 29.0. The van der Waals surface area contributed by atoms with Gasteiger partial charge in [0.15, 0.2) is 5.78 Å². The van der Waals surface area contributed by atoms with Crippen LogP contribution in [0.5, 0.6) is 11.5 Å². The molecule has 0 unspecified atom stereocenters.